The maximum absolute atomic E-state index is 13.0. The van der Waals surface area contributed by atoms with Crippen molar-refractivity contribution in [1.29, 1.82) is 0 Å². The second kappa shape index (κ2) is 8.09. The molecule has 1 N–H and O–H groups in total. The fourth-order valence-electron chi connectivity index (χ4n) is 6.38. The van der Waals surface area contributed by atoms with Crippen LogP contribution < -0.4 is 5.32 Å². The molecule has 4 aliphatic carbocycles. The molecule has 6 rings (SSSR count). The number of esters is 1. The van der Waals surface area contributed by atoms with Gasteiger partial charge < -0.3 is 14.5 Å². The lowest BCUT2D eigenvalue weighted by atomic mass is 9.49. The fourth-order valence-corrected chi connectivity index (χ4v) is 6.38. The molecule has 1 aromatic carbocycles. The van der Waals surface area contributed by atoms with Crippen molar-refractivity contribution in [2.75, 3.05) is 6.54 Å². The molecule has 0 atom stereocenters. The van der Waals surface area contributed by atoms with E-state index in [4.69, 9.17) is 9.15 Å². The van der Waals surface area contributed by atoms with Gasteiger partial charge in [0.1, 0.15) is 30.9 Å². The Morgan fingerprint density at radius 1 is 1.10 bits per heavy atom. The molecule has 4 bridgehead atoms. The number of carbonyl (C=O) groups is 2. The third-order valence-electron chi connectivity index (χ3n) is 7.15. The molecule has 1 aromatic heterocycles. The van der Waals surface area contributed by atoms with Gasteiger partial charge in [-0.05, 0) is 86.0 Å². The molecule has 164 valence electrons. The van der Waals surface area contributed by atoms with Crippen molar-refractivity contribution < 1.29 is 23.1 Å². The van der Waals surface area contributed by atoms with Crippen LogP contribution in [-0.4, -0.2) is 23.4 Å². The van der Waals surface area contributed by atoms with E-state index >= 15 is 0 Å². The van der Waals surface area contributed by atoms with Crippen molar-refractivity contribution in [2.24, 2.45) is 23.2 Å². The molecule has 0 unspecified atom stereocenters. The third-order valence-corrected chi connectivity index (χ3v) is 7.15. The first-order valence-corrected chi connectivity index (χ1v) is 11.1. The van der Waals surface area contributed by atoms with Gasteiger partial charge >= 0.3 is 5.97 Å². The molecule has 0 radical (unpaired) electrons. The summed E-state index contributed by atoms with van der Waals surface area (Å²) in [5, 5.41) is 2.74. The minimum absolute atomic E-state index is 0.0472. The normalized spacial score (nSPS) is 28.5. The standard InChI is InChI=1S/C24H27FN2O4/c25-19-3-1-18(2-4-19)23-27-20(14-31-23)13-30-22(29)12-26-21(28)11-24-8-15-5-16(9-24)7-17(6-15)10-24/h1-4,14-17H,5-13H2,(H,26,28). The molecule has 0 saturated heterocycles. The van der Waals surface area contributed by atoms with Crippen LogP contribution in [0.5, 0.6) is 0 Å². The van der Waals surface area contributed by atoms with Crippen LogP contribution in [0.3, 0.4) is 0 Å². The number of carbonyl (C=O) groups excluding carboxylic acids is 2. The zero-order valence-electron chi connectivity index (χ0n) is 17.4. The van der Waals surface area contributed by atoms with Crippen LogP contribution in [-0.2, 0) is 20.9 Å². The minimum atomic E-state index is -0.509. The van der Waals surface area contributed by atoms with Crippen LogP contribution in [0.15, 0.2) is 34.9 Å². The van der Waals surface area contributed by atoms with Gasteiger partial charge in [-0.2, -0.15) is 0 Å². The van der Waals surface area contributed by atoms with Crippen molar-refractivity contribution in [3.63, 3.8) is 0 Å². The average Bonchev–Trinajstić information content (AvgIpc) is 3.19. The Morgan fingerprint density at radius 2 is 1.74 bits per heavy atom. The molecule has 2 aromatic rings. The van der Waals surface area contributed by atoms with Gasteiger partial charge in [0.25, 0.3) is 0 Å². The predicted octanol–water partition coefficient (Wildman–Crippen LogP) is 4.25. The summed E-state index contributed by atoms with van der Waals surface area (Å²) >= 11 is 0. The third kappa shape index (κ3) is 4.50. The van der Waals surface area contributed by atoms with Gasteiger partial charge in [0.15, 0.2) is 0 Å². The summed E-state index contributed by atoms with van der Waals surface area (Å²) in [6.45, 7) is -0.192. The summed E-state index contributed by atoms with van der Waals surface area (Å²) < 4.78 is 23.6. The van der Waals surface area contributed by atoms with Crippen LogP contribution in [0.25, 0.3) is 11.5 Å². The summed E-state index contributed by atoms with van der Waals surface area (Å²) in [6, 6.07) is 5.78. The Labute approximate surface area is 180 Å². The number of hydrogen-bond acceptors (Lipinski definition) is 5. The highest BCUT2D eigenvalue weighted by Gasteiger charge is 2.51. The van der Waals surface area contributed by atoms with E-state index in [-0.39, 0.29) is 30.3 Å². The van der Waals surface area contributed by atoms with Crippen LogP contribution in [0, 0.1) is 29.0 Å². The largest absolute Gasteiger partial charge is 0.458 e. The first-order chi connectivity index (χ1) is 15.0. The van der Waals surface area contributed by atoms with Crippen LogP contribution in [0.1, 0.15) is 50.6 Å². The number of nitrogens with zero attached hydrogens (tertiary/aromatic N) is 1. The summed E-state index contributed by atoms with van der Waals surface area (Å²) in [6.07, 6.45) is 9.46. The van der Waals surface area contributed by atoms with Crippen LogP contribution >= 0.6 is 0 Å². The second-order valence-corrected chi connectivity index (χ2v) is 9.68. The molecule has 4 fully saturated rings. The topological polar surface area (TPSA) is 81.4 Å². The molecule has 6 nitrogen and oxygen atoms in total. The lowest BCUT2D eigenvalue weighted by Crippen LogP contribution is -2.48. The van der Waals surface area contributed by atoms with Crippen molar-refractivity contribution in [3.8, 4) is 11.5 Å². The molecule has 0 aliphatic heterocycles. The van der Waals surface area contributed by atoms with E-state index < -0.39 is 5.97 Å². The van der Waals surface area contributed by atoms with Crippen molar-refractivity contribution in [1.82, 2.24) is 10.3 Å². The van der Waals surface area contributed by atoms with Crippen molar-refractivity contribution in [2.45, 2.75) is 51.6 Å². The molecule has 7 heteroatoms. The molecule has 31 heavy (non-hydrogen) atoms. The number of nitrogens with one attached hydrogen (secondary N) is 1. The van der Waals surface area contributed by atoms with E-state index in [1.54, 1.807) is 12.1 Å². The average molecular weight is 426 g/mol. The number of aromatic nitrogens is 1. The summed E-state index contributed by atoms with van der Waals surface area (Å²) in [4.78, 5) is 28.8. The Kier molecular flexibility index (Phi) is 5.28. The number of amides is 1. The van der Waals surface area contributed by atoms with Crippen molar-refractivity contribution >= 4 is 11.9 Å². The first-order valence-electron chi connectivity index (χ1n) is 11.1. The number of ether oxygens (including phenoxy) is 1. The van der Waals surface area contributed by atoms with E-state index in [2.05, 4.69) is 10.3 Å². The Morgan fingerprint density at radius 3 is 2.39 bits per heavy atom. The van der Waals surface area contributed by atoms with Gasteiger partial charge in [-0.15, -0.1) is 0 Å². The van der Waals surface area contributed by atoms with Gasteiger partial charge in [0.2, 0.25) is 11.8 Å². The lowest BCUT2D eigenvalue weighted by Gasteiger charge is -2.56. The number of hydrogen-bond donors (Lipinski definition) is 1. The summed E-state index contributed by atoms with van der Waals surface area (Å²) in [5.74, 6) is 1.82. The number of oxazole rings is 1. The molecular formula is C24H27FN2O4. The van der Waals surface area contributed by atoms with E-state index in [0.717, 1.165) is 17.8 Å². The zero-order chi connectivity index (χ0) is 21.4. The maximum Gasteiger partial charge on any atom is 0.325 e. The minimum Gasteiger partial charge on any atom is -0.458 e. The molecular weight excluding hydrogens is 399 g/mol. The first kappa shape index (κ1) is 20.2. The number of halogens is 1. The summed E-state index contributed by atoms with van der Waals surface area (Å²) in [7, 11) is 0. The maximum atomic E-state index is 13.0. The predicted molar refractivity (Wildman–Crippen MR) is 110 cm³/mol. The monoisotopic (exact) mass is 426 g/mol. The number of benzene rings is 1. The van der Waals surface area contributed by atoms with Crippen molar-refractivity contribution in [3.05, 3.63) is 42.0 Å². The van der Waals surface area contributed by atoms with E-state index in [1.165, 1.54) is 56.9 Å². The van der Waals surface area contributed by atoms with E-state index in [0.29, 0.717) is 23.6 Å². The SMILES string of the molecule is O=C(CC12CC3CC(CC(C3)C1)C2)NCC(=O)OCc1coc(-c2ccc(F)cc2)n1. The molecule has 4 saturated carbocycles. The lowest BCUT2D eigenvalue weighted by molar-refractivity contribution is -0.146. The molecule has 1 heterocycles. The Hall–Kier alpha value is -2.70. The smallest absolute Gasteiger partial charge is 0.325 e. The number of rotatable bonds is 7. The highest BCUT2D eigenvalue weighted by molar-refractivity contribution is 5.82. The van der Waals surface area contributed by atoms with Crippen LogP contribution in [0.2, 0.25) is 0 Å². The van der Waals surface area contributed by atoms with Gasteiger partial charge in [0, 0.05) is 12.0 Å². The zero-order valence-corrected chi connectivity index (χ0v) is 17.4. The van der Waals surface area contributed by atoms with Gasteiger partial charge in [0.05, 0.1) is 0 Å². The highest BCUT2D eigenvalue weighted by atomic mass is 19.1. The molecule has 0 spiro atoms. The highest BCUT2D eigenvalue weighted by Crippen LogP contribution is 2.61. The van der Waals surface area contributed by atoms with Gasteiger partial charge in [-0.25, -0.2) is 9.37 Å². The Balaban J connectivity index is 1.07. The van der Waals surface area contributed by atoms with E-state index in [1.807, 2.05) is 0 Å². The second-order valence-electron chi connectivity index (χ2n) is 9.68. The van der Waals surface area contributed by atoms with Crippen LogP contribution in [0.4, 0.5) is 4.39 Å². The van der Waals surface area contributed by atoms with E-state index in [9.17, 15) is 14.0 Å². The fraction of sp³-hybridized carbons (Fsp3) is 0.542. The van der Waals surface area contributed by atoms with Gasteiger partial charge in [-0.1, -0.05) is 0 Å². The summed E-state index contributed by atoms with van der Waals surface area (Å²) in [5.41, 5.74) is 1.24. The molecule has 4 aliphatic rings. The van der Waals surface area contributed by atoms with Gasteiger partial charge in [-0.3, -0.25) is 9.59 Å². The Bertz CT molecular complexity index is 933. The quantitative estimate of drug-likeness (QED) is 0.670. The molecule has 1 amide bonds.